The Balaban J connectivity index is 1.82. The summed E-state index contributed by atoms with van der Waals surface area (Å²) in [4.78, 5) is 21.0. The third-order valence-corrected chi connectivity index (χ3v) is 3.83. The summed E-state index contributed by atoms with van der Waals surface area (Å²) in [5.74, 6) is 1.61. The van der Waals surface area contributed by atoms with Gasteiger partial charge in [-0.1, -0.05) is 12.1 Å². The molecule has 0 aliphatic carbocycles. The number of nitrogens with one attached hydrogen (secondary N) is 1. The Labute approximate surface area is 151 Å². The summed E-state index contributed by atoms with van der Waals surface area (Å²) in [5, 5.41) is 11.1. The van der Waals surface area contributed by atoms with Crippen LogP contribution in [-0.2, 0) is 6.42 Å². The van der Waals surface area contributed by atoms with Gasteiger partial charge in [0.15, 0.2) is 11.6 Å². The second kappa shape index (κ2) is 7.47. The van der Waals surface area contributed by atoms with Crippen LogP contribution in [0.5, 0.6) is 0 Å². The molecule has 0 unspecified atom stereocenters. The van der Waals surface area contributed by atoms with Gasteiger partial charge in [0.05, 0.1) is 23.0 Å². The van der Waals surface area contributed by atoms with Crippen LogP contribution >= 0.6 is 0 Å². The Morgan fingerprint density at radius 1 is 1.31 bits per heavy atom. The van der Waals surface area contributed by atoms with Gasteiger partial charge in [-0.2, -0.15) is 10.1 Å². The average Bonchev–Trinajstić information content (AvgIpc) is 3.22. The van der Waals surface area contributed by atoms with Crippen LogP contribution in [0, 0.1) is 6.92 Å². The lowest BCUT2D eigenvalue weighted by molar-refractivity contribution is 0.0942. The Kier molecular flexibility index (Phi) is 5.11. The molecule has 1 amide bonds. The number of rotatable bonds is 6. The standard InChI is InChI=1S/C18H22N6O2/c1-5-6-15-22-18(26-23-15)13-7-8-16(19-9-13)24-12(4)14(10-20-24)17(25)21-11(2)3/h7-11H,5-6H2,1-4H3,(H,21,25). The van der Waals surface area contributed by atoms with Crippen LogP contribution in [0.2, 0.25) is 0 Å². The number of carbonyl (C=O) groups is 1. The highest BCUT2D eigenvalue weighted by Crippen LogP contribution is 2.19. The summed E-state index contributed by atoms with van der Waals surface area (Å²) in [6.07, 6.45) is 4.95. The molecule has 0 spiro atoms. The molecule has 8 heteroatoms. The summed E-state index contributed by atoms with van der Waals surface area (Å²) in [7, 11) is 0. The van der Waals surface area contributed by atoms with E-state index in [1.807, 2.05) is 32.9 Å². The maximum Gasteiger partial charge on any atom is 0.259 e. The number of hydrogen-bond acceptors (Lipinski definition) is 6. The minimum absolute atomic E-state index is 0.0645. The van der Waals surface area contributed by atoms with Crippen molar-refractivity contribution in [1.29, 1.82) is 0 Å². The van der Waals surface area contributed by atoms with Gasteiger partial charge in [-0.05, 0) is 39.3 Å². The van der Waals surface area contributed by atoms with E-state index in [9.17, 15) is 4.79 Å². The van der Waals surface area contributed by atoms with Crippen LogP contribution in [0.4, 0.5) is 0 Å². The van der Waals surface area contributed by atoms with Gasteiger partial charge in [-0.25, -0.2) is 9.67 Å². The second-order valence-electron chi connectivity index (χ2n) is 6.35. The molecular weight excluding hydrogens is 332 g/mol. The molecule has 8 nitrogen and oxygen atoms in total. The fraction of sp³-hybridized carbons (Fsp3) is 0.389. The number of aryl methyl sites for hydroxylation is 1. The van der Waals surface area contributed by atoms with Gasteiger partial charge in [0.1, 0.15) is 0 Å². The SMILES string of the molecule is CCCc1noc(-c2ccc(-n3ncc(C(=O)NC(C)C)c3C)nc2)n1. The van der Waals surface area contributed by atoms with Crippen molar-refractivity contribution in [3.63, 3.8) is 0 Å². The molecule has 1 N–H and O–H groups in total. The largest absolute Gasteiger partial charge is 0.350 e. The lowest BCUT2D eigenvalue weighted by Crippen LogP contribution is -2.30. The average molecular weight is 354 g/mol. The molecule has 3 rings (SSSR count). The van der Waals surface area contributed by atoms with Gasteiger partial charge in [0, 0.05) is 18.7 Å². The Bertz CT molecular complexity index is 895. The highest BCUT2D eigenvalue weighted by molar-refractivity contribution is 5.95. The molecule has 3 aromatic rings. The fourth-order valence-electron chi connectivity index (χ4n) is 2.54. The van der Waals surface area contributed by atoms with Crippen LogP contribution in [0.3, 0.4) is 0 Å². The molecule has 0 aliphatic heterocycles. The molecule has 0 fully saturated rings. The van der Waals surface area contributed by atoms with E-state index in [-0.39, 0.29) is 11.9 Å². The van der Waals surface area contributed by atoms with E-state index >= 15 is 0 Å². The summed E-state index contributed by atoms with van der Waals surface area (Å²) in [5.41, 5.74) is 2.00. The van der Waals surface area contributed by atoms with E-state index in [0.29, 0.717) is 23.1 Å². The first-order valence-electron chi connectivity index (χ1n) is 8.64. The first kappa shape index (κ1) is 17.8. The molecular formula is C18H22N6O2. The topological polar surface area (TPSA) is 98.7 Å². The molecule has 0 saturated carbocycles. The molecule has 26 heavy (non-hydrogen) atoms. The first-order chi connectivity index (χ1) is 12.5. The number of carbonyl (C=O) groups excluding carboxylic acids is 1. The van der Waals surface area contributed by atoms with E-state index in [4.69, 9.17) is 4.52 Å². The Morgan fingerprint density at radius 2 is 2.12 bits per heavy atom. The highest BCUT2D eigenvalue weighted by Gasteiger charge is 2.16. The van der Waals surface area contributed by atoms with Gasteiger partial charge in [0.25, 0.3) is 11.8 Å². The zero-order chi connectivity index (χ0) is 18.7. The van der Waals surface area contributed by atoms with Crippen molar-refractivity contribution in [3.05, 3.63) is 41.6 Å². The van der Waals surface area contributed by atoms with Crippen LogP contribution in [0.1, 0.15) is 49.1 Å². The summed E-state index contributed by atoms with van der Waals surface area (Å²) in [6, 6.07) is 3.72. The smallest absolute Gasteiger partial charge is 0.259 e. The van der Waals surface area contributed by atoms with E-state index in [1.54, 1.807) is 17.1 Å². The maximum atomic E-state index is 12.2. The van der Waals surface area contributed by atoms with Crippen molar-refractivity contribution < 1.29 is 9.32 Å². The summed E-state index contributed by atoms with van der Waals surface area (Å²) >= 11 is 0. The zero-order valence-electron chi connectivity index (χ0n) is 15.4. The number of nitrogens with zero attached hydrogens (tertiary/aromatic N) is 5. The Hall–Kier alpha value is -3.03. The molecule has 0 radical (unpaired) electrons. The van der Waals surface area contributed by atoms with Gasteiger partial charge in [-0.15, -0.1) is 0 Å². The zero-order valence-corrected chi connectivity index (χ0v) is 15.4. The molecule has 0 atom stereocenters. The van der Waals surface area contributed by atoms with Crippen LogP contribution in [-0.4, -0.2) is 36.9 Å². The monoisotopic (exact) mass is 354 g/mol. The fourth-order valence-corrected chi connectivity index (χ4v) is 2.54. The minimum Gasteiger partial charge on any atom is -0.350 e. The molecule has 3 aromatic heterocycles. The molecule has 0 aromatic carbocycles. The molecule has 0 aliphatic rings. The third kappa shape index (κ3) is 3.63. The van der Waals surface area contributed by atoms with Gasteiger partial charge >= 0.3 is 0 Å². The molecule has 0 bridgehead atoms. The van der Waals surface area contributed by atoms with E-state index < -0.39 is 0 Å². The maximum absolute atomic E-state index is 12.2. The summed E-state index contributed by atoms with van der Waals surface area (Å²) in [6.45, 7) is 7.74. The van der Waals surface area contributed by atoms with Crippen LogP contribution < -0.4 is 5.32 Å². The normalized spacial score (nSPS) is 11.1. The van der Waals surface area contributed by atoms with Crippen molar-refractivity contribution in [3.8, 4) is 17.3 Å². The van der Waals surface area contributed by atoms with E-state index in [0.717, 1.165) is 24.1 Å². The quantitative estimate of drug-likeness (QED) is 0.731. The van der Waals surface area contributed by atoms with E-state index in [2.05, 4.69) is 32.5 Å². The first-order valence-corrected chi connectivity index (χ1v) is 8.64. The number of aromatic nitrogens is 5. The minimum atomic E-state index is -0.144. The van der Waals surface area contributed by atoms with Crippen molar-refractivity contribution in [2.45, 2.75) is 46.6 Å². The van der Waals surface area contributed by atoms with Crippen LogP contribution in [0.25, 0.3) is 17.3 Å². The molecule has 136 valence electrons. The number of hydrogen-bond donors (Lipinski definition) is 1. The summed E-state index contributed by atoms with van der Waals surface area (Å²) < 4.78 is 6.90. The number of pyridine rings is 1. The molecule has 0 saturated heterocycles. The predicted octanol–water partition coefficient (Wildman–Crippen LogP) is 2.72. The van der Waals surface area contributed by atoms with Crippen molar-refractivity contribution >= 4 is 5.91 Å². The van der Waals surface area contributed by atoms with Gasteiger partial charge in [0.2, 0.25) is 0 Å². The number of amides is 1. The third-order valence-electron chi connectivity index (χ3n) is 3.83. The second-order valence-corrected chi connectivity index (χ2v) is 6.35. The molecule has 3 heterocycles. The predicted molar refractivity (Wildman–Crippen MR) is 96.0 cm³/mol. The Morgan fingerprint density at radius 3 is 2.77 bits per heavy atom. The van der Waals surface area contributed by atoms with Crippen LogP contribution in [0.15, 0.2) is 29.0 Å². The van der Waals surface area contributed by atoms with Gasteiger partial charge in [-0.3, -0.25) is 4.79 Å². The highest BCUT2D eigenvalue weighted by atomic mass is 16.5. The van der Waals surface area contributed by atoms with Crippen molar-refractivity contribution in [2.75, 3.05) is 0 Å². The lowest BCUT2D eigenvalue weighted by Gasteiger charge is -2.08. The lowest BCUT2D eigenvalue weighted by atomic mass is 10.2. The van der Waals surface area contributed by atoms with Crippen molar-refractivity contribution in [1.82, 2.24) is 30.2 Å². The van der Waals surface area contributed by atoms with Gasteiger partial charge < -0.3 is 9.84 Å². The van der Waals surface area contributed by atoms with Crippen molar-refractivity contribution in [2.24, 2.45) is 0 Å². The van der Waals surface area contributed by atoms with E-state index in [1.165, 1.54) is 0 Å².